The number of anilines is 1. The van der Waals surface area contributed by atoms with Crippen LogP contribution < -0.4 is 11.3 Å². The van der Waals surface area contributed by atoms with Gasteiger partial charge in [-0.2, -0.15) is 0 Å². The van der Waals surface area contributed by atoms with Gasteiger partial charge in [0.15, 0.2) is 0 Å². The van der Waals surface area contributed by atoms with Crippen molar-refractivity contribution < 1.29 is 5.11 Å². The number of rotatable bonds is 8. The Morgan fingerprint density at radius 1 is 1.47 bits per heavy atom. The Balaban J connectivity index is 2.57. The first-order valence-corrected chi connectivity index (χ1v) is 6.05. The minimum atomic E-state index is 0.179. The smallest absolute Gasteiger partial charge is 0.0564 e. The minimum Gasteiger partial charge on any atom is -0.395 e. The third-order valence-corrected chi connectivity index (χ3v) is 2.61. The second-order valence-electron chi connectivity index (χ2n) is 4.03. The highest BCUT2D eigenvalue weighted by atomic mass is 16.3. The fraction of sp³-hybridized carbons (Fsp3) is 0.583. The molecule has 0 aliphatic rings. The number of aliphatic hydroxyl groups is 1. The predicted octanol–water partition coefficient (Wildman–Crippen LogP) is 0.962. The molecule has 17 heavy (non-hydrogen) atoms. The lowest BCUT2D eigenvalue weighted by Crippen LogP contribution is -2.28. The van der Waals surface area contributed by atoms with Crippen LogP contribution in [0.4, 0.5) is 5.69 Å². The van der Waals surface area contributed by atoms with E-state index in [1.54, 1.807) is 6.20 Å². The Morgan fingerprint density at radius 2 is 2.29 bits per heavy atom. The summed E-state index contributed by atoms with van der Waals surface area (Å²) >= 11 is 0. The number of hydrogen-bond acceptors (Lipinski definition) is 5. The molecular formula is C12H22N4O. The van der Waals surface area contributed by atoms with Crippen LogP contribution in [0.2, 0.25) is 0 Å². The molecule has 4 N–H and O–H groups in total. The highest BCUT2D eigenvalue weighted by Gasteiger charge is 2.06. The summed E-state index contributed by atoms with van der Waals surface area (Å²) < 4.78 is 0. The third kappa shape index (κ3) is 5.12. The zero-order chi connectivity index (χ0) is 12.5. The maximum atomic E-state index is 9.02. The van der Waals surface area contributed by atoms with Crippen molar-refractivity contribution in [2.75, 3.05) is 25.1 Å². The molecule has 0 aliphatic carbocycles. The van der Waals surface area contributed by atoms with E-state index < -0.39 is 0 Å². The van der Waals surface area contributed by atoms with Crippen LogP contribution in [0, 0.1) is 0 Å². The largest absolute Gasteiger partial charge is 0.395 e. The SMILES string of the molecule is CCCCN(CCO)Cc1cc(NN)ccn1. The second-order valence-corrected chi connectivity index (χ2v) is 4.03. The number of aliphatic hydroxyl groups excluding tert-OH is 1. The van der Waals surface area contributed by atoms with Crippen LogP contribution in [0.15, 0.2) is 18.3 Å². The Morgan fingerprint density at radius 3 is 2.94 bits per heavy atom. The van der Waals surface area contributed by atoms with Gasteiger partial charge in [0, 0.05) is 19.3 Å². The van der Waals surface area contributed by atoms with E-state index in [0.29, 0.717) is 6.54 Å². The summed E-state index contributed by atoms with van der Waals surface area (Å²) in [5, 5.41) is 9.02. The van der Waals surface area contributed by atoms with Crippen molar-refractivity contribution in [2.24, 2.45) is 5.84 Å². The minimum absolute atomic E-state index is 0.179. The fourth-order valence-corrected chi connectivity index (χ4v) is 1.68. The number of pyridine rings is 1. The van der Waals surface area contributed by atoms with E-state index in [9.17, 15) is 0 Å². The van der Waals surface area contributed by atoms with Crippen molar-refractivity contribution in [1.29, 1.82) is 0 Å². The van der Waals surface area contributed by atoms with Gasteiger partial charge in [0.25, 0.3) is 0 Å². The van der Waals surface area contributed by atoms with Gasteiger partial charge in [0.2, 0.25) is 0 Å². The van der Waals surface area contributed by atoms with Crippen molar-refractivity contribution in [3.8, 4) is 0 Å². The molecule has 0 saturated heterocycles. The van der Waals surface area contributed by atoms with Crippen LogP contribution in [0.3, 0.4) is 0 Å². The van der Waals surface area contributed by atoms with Crippen LogP contribution in [0.5, 0.6) is 0 Å². The molecule has 0 fully saturated rings. The summed E-state index contributed by atoms with van der Waals surface area (Å²) in [6, 6.07) is 3.75. The fourth-order valence-electron chi connectivity index (χ4n) is 1.68. The molecule has 0 amide bonds. The van der Waals surface area contributed by atoms with Crippen LogP contribution >= 0.6 is 0 Å². The molecule has 0 radical (unpaired) electrons. The van der Waals surface area contributed by atoms with E-state index in [1.165, 1.54) is 0 Å². The monoisotopic (exact) mass is 238 g/mol. The lowest BCUT2D eigenvalue weighted by molar-refractivity contribution is 0.187. The van der Waals surface area contributed by atoms with Gasteiger partial charge in [-0.15, -0.1) is 0 Å². The average molecular weight is 238 g/mol. The van der Waals surface area contributed by atoms with Crippen molar-refractivity contribution in [1.82, 2.24) is 9.88 Å². The number of nitrogens with one attached hydrogen (secondary N) is 1. The molecular weight excluding hydrogens is 216 g/mol. The molecule has 1 aromatic heterocycles. The van der Waals surface area contributed by atoms with E-state index in [-0.39, 0.29) is 6.61 Å². The van der Waals surface area contributed by atoms with Crippen molar-refractivity contribution in [2.45, 2.75) is 26.3 Å². The standard InChI is InChI=1S/C12H22N4O/c1-2-3-6-16(7-8-17)10-12-9-11(15-13)4-5-14-12/h4-5,9,17H,2-3,6-8,10,13H2,1H3,(H,14,15). The van der Waals surface area contributed by atoms with Gasteiger partial charge < -0.3 is 10.5 Å². The van der Waals surface area contributed by atoms with E-state index in [2.05, 4.69) is 22.2 Å². The van der Waals surface area contributed by atoms with Gasteiger partial charge in [-0.1, -0.05) is 13.3 Å². The number of aromatic nitrogens is 1. The summed E-state index contributed by atoms with van der Waals surface area (Å²) in [4.78, 5) is 6.50. The molecule has 5 nitrogen and oxygen atoms in total. The van der Waals surface area contributed by atoms with Crippen molar-refractivity contribution in [3.63, 3.8) is 0 Å². The lowest BCUT2D eigenvalue weighted by atomic mass is 10.2. The molecule has 0 bridgehead atoms. The number of hydrazine groups is 1. The Bertz CT molecular complexity index is 319. The topological polar surface area (TPSA) is 74.4 Å². The van der Waals surface area contributed by atoms with Gasteiger partial charge in [-0.25, -0.2) is 0 Å². The lowest BCUT2D eigenvalue weighted by Gasteiger charge is -2.20. The zero-order valence-corrected chi connectivity index (χ0v) is 10.4. The van der Waals surface area contributed by atoms with E-state index in [0.717, 1.165) is 37.3 Å². The van der Waals surface area contributed by atoms with Gasteiger partial charge in [-0.05, 0) is 25.1 Å². The molecule has 0 aromatic carbocycles. The van der Waals surface area contributed by atoms with Gasteiger partial charge in [0.05, 0.1) is 18.0 Å². The normalized spacial score (nSPS) is 10.8. The number of nitrogen functional groups attached to an aromatic ring is 1. The first-order chi connectivity index (χ1) is 8.30. The molecule has 0 saturated carbocycles. The number of nitrogens with zero attached hydrogens (tertiary/aromatic N) is 2. The Kier molecular flexibility index (Phi) is 6.54. The molecule has 5 heteroatoms. The molecule has 0 aliphatic heterocycles. The van der Waals surface area contributed by atoms with Crippen LogP contribution in [-0.2, 0) is 6.54 Å². The van der Waals surface area contributed by atoms with Crippen LogP contribution in [0.25, 0.3) is 0 Å². The molecule has 96 valence electrons. The zero-order valence-electron chi connectivity index (χ0n) is 10.4. The first kappa shape index (κ1) is 13.9. The molecule has 1 aromatic rings. The maximum absolute atomic E-state index is 9.02. The molecule has 0 unspecified atom stereocenters. The average Bonchev–Trinajstić information content (AvgIpc) is 2.36. The summed E-state index contributed by atoms with van der Waals surface area (Å²) in [5.41, 5.74) is 4.43. The predicted molar refractivity (Wildman–Crippen MR) is 69.3 cm³/mol. The van der Waals surface area contributed by atoms with Gasteiger partial charge in [-0.3, -0.25) is 15.7 Å². The number of unbranched alkanes of at least 4 members (excludes halogenated alkanes) is 1. The summed E-state index contributed by atoms with van der Waals surface area (Å²) in [5.74, 6) is 5.36. The second kappa shape index (κ2) is 8.00. The van der Waals surface area contributed by atoms with Gasteiger partial charge in [0.1, 0.15) is 0 Å². The molecule has 1 heterocycles. The highest BCUT2D eigenvalue weighted by molar-refractivity contribution is 5.41. The van der Waals surface area contributed by atoms with E-state index >= 15 is 0 Å². The Labute approximate surface area is 103 Å². The van der Waals surface area contributed by atoms with Crippen LogP contribution in [-0.4, -0.2) is 34.7 Å². The van der Waals surface area contributed by atoms with Gasteiger partial charge >= 0.3 is 0 Å². The third-order valence-electron chi connectivity index (χ3n) is 2.61. The van der Waals surface area contributed by atoms with Crippen molar-refractivity contribution in [3.05, 3.63) is 24.0 Å². The van der Waals surface area contributed by atoms with E-state index in [1.807, 2.05) is 12.1 Å². The summed E-state index contributed by atoms with van der Waals surface area (Å²) in [7, 11) is 0. The van der Waals surface area contributed by atoms with Crippen LogP contribution in [0.1, 0.15) is 25.5 Å². The number of hydrogen-bond donors (Lipinski definition) is 3. The first-order valence-electron chi connectivity index (χ1n) is 6.05. The Hall–Kier alpha value is -1.17. The number of nitrogens with two attached hydrogens (primary N) is 1. The quantitative estimate of drug-likeness (QED) is 0.465. The maximum Gasteiger partial charge on any atom is 0.0564 e. The van der Waals surface area contributed by atoms with E-state index in [4.69, 9.17) is 10.9 Å². The summed E-state index contributed by atoms with van der Waals surface area (Å²) in [6.45, 7) is 4.75. The van der Waals surface area contributed by atoms with Crippen molar-refractivity contribution >= 4 is 5.69 Å². The molecule has 0 spiro atoms. The molecule has 1 rings (SSSR count). The highest BCUT2D eigenvalue weighted by Crippen LogP contribution is 2.09. The molecule has 0 atom stereocenters. The summed E-state index contributed by atoms with van der Waals surface area (Å²) in [6.07, 6.45) is 4.02.